The van der Waals surface area contributed by atoms with Gasteiger partial charge < -0.3 is 5.32 Å². The van der Waals surface area contributed by atoms with Gasteiger partial charge in [0, 0.05) is 0 Å². The first kappa shape index (κ1) is 11.0. The lowest BCUT2D eigenvalue weighted by Crippen LogP contribution is -2.23. The Morgan fingerprint density at radius 2 is 2.07 bits per heavy atom. The average molecular weight is 203 g/mol. The summed E-state index contributed by atoms with van der Waals surface area (Å²) in [5.74, 6) is -0.295. The fraction of sp³-hybridized carbons (Fsp3) is 0.400. The number of halogens is 3. The van der Waals surface area contributed by atoms with Crippen LogP contribution in [0.1, 0.15) is 5.56 Å². The first-order valence-corrected chi connectivity index (χ1v) is 4.42. The van der Waals surface area contributed by atoms with Crippen LogP contribution in [-0.4, -0.2) is 19.5 Å². The van der Waals surface area contributed by atoms with Crippen molar-refractivity contribution >= 4 is 0 Å². The monoisotopic (exact) mass is 203 g/mol. The highest BCUT2D eigenvalue weighted by atomic mass is 19.3. The third-order valence-corrected chi connectivity index (χ3v) is 1.78. The topological polar surface area (TPSA) is 12.0 Å². The van der Waals surface area contributed by atoms with Crippen LogP contribution in [0, 0.1) is 5.82 Å². The number of alkyl halides is 2. The van der Waals surface area contributed by atoms with E-state index in [0.29, 0.717) is 13.0 Å². The molecule has 0 aliphatic carbocycles. The molecule has 0 fully saturated rings. The minimum absolute atomic E-state index is 0.295. The maximum atomic E-state index is 12.7. The van der Waals surface area contributed by atoms with Gasteiger partial charge in [-0.1, -0.05) is 12.1 Å². The first-order chi connectivity index (χ1) is 6.68. The minimum atomic E-state index is -2.33. The Morgan fingerprint density at radius 3 is 2.71 bits per heavy atom. The highest BCUT2D eigenvalue weighted by Crippen LogP contribution is 2.03. The van der Waals surface area contributed by atoms with E-state index in [2.05, 4.69) is 5.32 Å². The van der Waals surface area contributed by atoms with Crippen molar-refractivity contribution in [1.29, 1.82) is 0 Å². The van der Waals surface area contributed by atoms with Crippen molar-refractivity contribution in [3.8, 4) is 0 Å². The second-order valence-corrected chi connectivity index (χ2v) is 2.98. The van der Waals surface area contributed by atoms with E-state index in [-0.39, 0.29) is 12.4 Å². The molecule has 0 saturated carbocycles. The highest BCUT2D eigenvalue weighted by Gasteiger charge is 2.00. The lowest BCUT2D eigenvalue weighted by molar-refractivity contribution is 0.146. The molecule has 0 bridgehead atoms. The molecule has 14 heavy (non-hydrogen) atoms. The minimum Gasteiger partial charge on any atom is -0.311 e. The van der Waals surface area contributed by atoms with Crippen molar-refractivity contribution < 1.29 is 13.2 Å². The van der Waals surface area contributed by atoms with Crippen molar-refractivity contribution in [2.75, 3.05) is 13.1 Å². The Labute approximate surface area is 80.9 Å². The molecule has 1 rings (SSSR count). The Bertz CT molecular complexity index is 276. The molecular formula is C10H12F3N. The number of nitrogens with one attached hydrogen (secondary N) is 1. The van der Waals surface area contributed by atoms with E-state index in [9.17, 15) is 13.2 Å². The van der Waals surface area contributed by atoms with E-state index >= 15 is 0 Å². The zero-order chi connectivity index (χ0) is 10.4. The van der Waals surface area contributed by atoms with Gasteiger partial charge in [0.2, 0.25) is 0 Å². The summed E-state index contributed by atoms with van der Waals surface area (Å²) >= 11 is 0. The third kappa shape index (κ3) is 4.28. The van der Waals surface area contributed by atoms with Gasteiger partial charge in [0.05, 0.1) is 6.54 Å². The van der Waals surface area contributed by atoms with Crippen LogP contribution in [0.4, 0.5) is 13.2 Å². The summed E-state index contributed by atoms with van der Waals surface area (Å²) in [7, 11) is 0. The highest BCUT2D eigenvalue weighted by molar-refractivity contribution is 5.16. The molecule has 0 unspecified atom stereocenters. The van der Waals surface area contributed by atoms with Crippen LogP contribution in [-0.2, 0) is 6.42 Å². The average Bonchev–Trinajstić information content (AvgIpc) is 2.12. The van der Waals surface area contributed by atoms with Gasteiger partial charge in [-0.2, -0.15) is 0 Å². The van der Waals surface area contributed by atoms with Crippen LogP contribution in [0.3, 0.4) is 0 Å². The van der Waals surface area contributed by atoms with Crippen LogP contribution < -0.4 is 5.32 Å². The molecule has 0 radical (unpaired) electrons. The molecule has 1 N–H and O–H groups in total. The van der Waals surface area contributed by atoms with Gasteiger partial charge in [-0.05, 0) is 30.7 Å². The number of benzene rings is 1. The van der Waals surface area contributed by atoms with E-state index in [1.807, 2.05) is 0 Å². The molecule has 4 heteroatoms. The molecule has 0 aliphatic heterocycles. The first-order valence-electron chi connectivity index (χ1n) is 4.42. The summed E-state index contributed by atoms with van der Waals surface area (Å²) in [5, 5.41) is 2.58. The van der Waals surface area contributed by atoms with Crippen molar-refractivity contribution in [2.45, 2.75) is 12.8 Å². The maximum absolute atomic E-state index is 12.7. The number of hydrogen-bond donors (Lipinski definition) is 1. The summed E-state index contributed by atoms with van der Waals surface area (Å²) in [6, 6.07) is 6.14. The lowest BCUT2D eigenvalue weighted by atomic mass is 10.1. The van der Waals surface area contributed by atoms with Gasteiger partial charge in [0.1, 0.15) is 5.82 Å². The molecule has 0 spiro atoms. The molecule has 0 saturated heterocycles. The molecule has 0 heterocycles. The van der Waals surface area contributed by atoms with Gasteiger partial charge in [-0.3, -0.25) is 0 Å². The molecule has 0 aliphatic rings. The molecule has 0 atom stereocenters. The van der Waals surface area contributed by atoms with Crippen LogP contribution in [0.25, 0.3) is 0 Å². The van der Waals surface area contributed by atoms with Gasteiger partial charge in [-0.25, -0.2) is 13.2 Å². The van der Waals surface area contributed by atoms with E-state index in [0.717, 1.165) is 5.56 Å². The van der Waals surface area contributed by atoms with Crippen molar-refractivity contribution in [1.82, 2.24) is 5.32 Å². The predicted molar refractivity (Wildman–Crippen MR) is 49.0 cm³/mol. The zero-order valence-corrected chi connectivity index (χ0v) is 7.64. The summed E-state index contributed by atoms with van der Waals surface area (Å²) in [5.41, 5.74) is 0.812. The van der Waals surface area contributed by atoms with E-state index in [1.54, 1.807) is 12.1 Å². The van der Waals surface area contributed by atoms with Crippen LogP contribution in [0.2, 0.25) is 0 Å². The Balaban J connectivity index is 2.25. The fourth-order valence-corrected chi connectivity index (χ4v) is 1.14. The zero-order valence-electron chi connectivity index (χ0n) is 7.64. The second-order valence-electron chi connectivity index (χ2n) is 2.98. The maximum Gasteiger partial charge on any atom is 0.250 e. The number of hydrogen-bond acceptors (Lipinski definition) is 1. The summed E-state index contributed by atoms with van der Waals surface area (Å²) in [6.45, 7) is 0.128. The molecule has 1 nitrogen and oxygen atoms in total. The standard InChI is InChI=1S/C10H12F3N/c11-9-3-1-2-8(6-9)4-5-14-7-10(12)13/h1-3,6,10,14H,4-5,7H2. The lowest BCUT2D eigenvalue weighted by Gasteiger charge is -2.03. The predicted octanol–water partition coefficient (Wildman–Crippen LogP) is 2.22. The van der Waals surface area contributed by atoms with E-state index in [1.165, 1.54) is 12.1 Å². The molecule has 78 valence electrons. The normalized spacial score (nSPS) is 10.9. The third-order valence-electron chi connectivity index (χ3n) is 1.78. The van der Waals surface area contributed by atoms with Crippen molar-refractivity contribution in [3.63, 3.8) is 0 Å². The molecule has 0 amide bonds. The molecular weight excluding hydrogens is 191 g/mol. The molecule has 1 aromatic carbocycles. The van der Waals surface area contributed by atoms with E-state index in [4.69, 9.17) is 0 Å². The number of rotatable bonds is 5. The second kappa shape index (κ2) is 5.65. The van der Waals surface area contributed by atoms with Gasteiger partial charge in [0.25, 0.3) is 6.43 Å². The van der Waals surface area contributed by atoms with Crippen molar-refractivity contribution in [3.05, 3.63) is 35.6 Å². The summed E-state index contributed by atoms with van der Waals surface area (Å²) < 4.78 is 36.1. The Hall–Kier alpha value is -1.03. The summed E-state index contributed by atoms with van der Waals surface area (Å²) in [4.78, 5) is 0. The Kier molecular flexibility index (Phi) is 4.46. The summed E-state index contributed by atoms with van der Waals surface area (Å²) in [6.07, 6.45) is -1.77. The van der Waals surface area contributed by atoms with Gasteiger partial charge in [0.15, 0.2) is 0 Å². The van der Waals surface area contributed by atoms with Gasteiger partial charge >= 0.3 is 0 Å². The molecule has 1 aromatic rings. The van der Waals surface area contributed by atoms with Crippen LogP contribution in [0.5, 0.6) is 0 Å². The van der Waals surface area contributed by atoms with Crippen LogP contribution in [0.15, 0.2) is 24.3 Å². The smallest absolute Gasteiger partial charge is 0.250 e. The Morgan fingerprint density at radius 1 is 1.29 bits per heavy atom. The molecule has 0 aromatic heterocycles. The van der Waals surface area contributed by atoms with Gasteiger partial charge in [-0.15, -0.1) is 0 Å². The largest absolute Gasteiger partial charge is 0.311 e. The fourth-order valence-electron chi connectivity index (χ4n) is 1.14. The van der Waals surface area contributed by atoms with Crippen LogP contribution >= 0.6 is 0 Å². The van der Waals surface area contributed by atoms with E-state index < -0.39 is 6.43 Å². The quantitative estimate of drug-likeness (QED) is 0.723. The van der Waals surface area contributed by atoms with Crippen molar-refractivity contribution in [2.24, 2.45) is 0 Å². The SMILES string of the molecule is Fc1cccc(CCNCC(F)F)c1.